The van der Waals surface area contributed by atoms with Crippen molar-refractivity contribution in [3.63, 3.8) is 0 Å². The first kappa shape index (κ1) is 23.1. The number of aliphatic hydroxyl groups is 1. The molecule has 0 spiro atoms. The van der Waals surface area contributed by atoms with Gasteiger partial charge in [-0.15, -0.1) is 10.2 Å². The molecular weight excluding hydrogens is 460 g/mol. The molecule has 1 atom stereocenters. The van der Waals surface area contributed by atoms with Crippen molar-refractivity contribution in [3.8, 4) is 11.4 Å². The molecule has 0 saturated carbocycles. The first-order chi connectivity index (χ1) is 16.9. The van der Waals surface area contributed by atoms with Crippen molar-refractivity contribution in [2.45, 2.75) is 32.0 Å². The van der Waals surface area contributed by atoms with Crippen LogP contribution in [0.25, 0.3) is 22.4 Å². The minimum Gasteiger partial charge on any atom is -0.491 e. The zero-order chi connectivity index (χ0) is 24.5. The first-order valence-corrected chi connectivity index (χ1v) is 12.4. The number of benzene rings is 3. The molecule has 2 heterocycles. The van der Waals surface area contributed by atoms with Crippen LogP contribution in [0.4, 0.5) is 0 Å². The van der Waals surface area contributed by atoms with Gasteiger partial charge in [-0.2, -0.15) is 0 Å². The molecule has 1 N–H and O–H groups in total. The summed E-state index contributed by atoms with van der Waals surface area (Å²) in [5.74, 6) is 1.54. The molecule has 0 amide bonds. The van der Waals surface area contributed by atoms with Gasteiger partial charge >= 0.3 is 0 Å². The SMILES string of the molecule is Cc1ccc(-n2c(=O)c3ccccc3n3c(SCC(O)COc4cc(C)cc(C)c4)nnc23)cc1. The standard InChI is InChI=1S/C27H26N4O3S/c1-17-8-10-20(11-9-17)30-25(33)23-6-4-5-7-24(23)31-26(30)28-29-27(31)35-16-21(32)15-34-22-13-18(2)12-19(3)14-22/h4-14,21,32H,15-16H2,1-3H3. The summed E-state index contributed by atoms with van der Waals surface area (Å²) in [5.41, 5.74) is 4.64. The van der Waals surface area contributed by atoms with Crippen LogP contribution in [0.3, 0.4) is 0 Å². The Morgan fingerprint density at radius 1 is 0.943 bits per heavy atom. The van der Waals surface area contributed by atoms with Crippen LogP contribution < -0.4 is 10.3 Å². The number of ether oxygens (including phenoxy) is 1. The molecule has 0 fully saturated rings. The van der Waals surface area contributed by atoms with Crippen LogP contribution >= 0.6 is 11.8 Å². The van der Waals surface area contributed by atoms with Gasteiger partial charge < -0.3 is 9.84 Å². The second kappa shape index (κ2) is 9.56. The Bertz CT molecular complexity index is 1550. The zero-order valence-corrected chi connectivity index (χ0v) is 20.6. The molecule has 5 aromatic rings. The van der Waals surface area contributed by atoms with Crippen molar-refractivity contribution >= 4 is 28.4 Å². The highest BCUT2D eigenvalue weighted by atomic mass is 32.2. The molecule has 35 heavy (non-hydrogen) atoms. The monoisotopic (exact) mass is 486 g/mol. The normalized spacial score (nSPS) is 12.3. The van der Waals surface area contributed by atoms with Crippen LogP contribution in [-0.4, -0.2) is 42.7 Å². The van der Waals surface area contributed by atoms with Crippen molar-refractivity contribution in [3.05, 3.63) is 93.8 Å². The summed E-state index contributed by atoms with van der Waals surface area (Å²) in [6, 6.07) is 21.2. The third-order valence-electron chi connectivity index (χ3n) is 5.73. The summed E-state index contributed by atoms with van der Waals surface area (Å²) in [7, 11) is 0. The molecule has 0 radical (unpaired) electrons. The highest BCUT2D eigenvalue weighted by Crippen LogP contribution is 2.24. The Labute approximate surface area is 207 Å². The fraction of sp³-hybridized carbons (Fsp3) is 0.222. The van der Waals surface area contributed by atoms with E-state index in [1.807, 2.05) is 85.8 Å². The second-order valence-corrected chi connectivity index (χ2v) is 9.70. The van der Waals surface area contributed by atoms with Gasteiger partial charge in [-0.25, -0.2) is 4.57 Å². The average molecular weight is 487 g/mol. The lowest BCUT2D eigenvalue weighted by Crippen LogP contribution is -2.22. The second-order valence-electron chi connectivity index (χ2n) is 8.71. The van der Waals surface area contributed by atoms with Gasteiger partial charge in [-0.05, 0) is 68.3 Å². The van der Waals surface area contributed by atoms with Gasteiger partial charge in [0.2, 0.25) is 5.78 Å². The van der Waals surface area contributed by atoms with Crippen LogP contribution in [-0.2, 0) is 0 Å². The Morgan fingerprint density at radius 3 is 2.40 bits per heavy atom. The first-order valence-electron chi connectivity index (χ1n) is 11.4. The minimum atomic E-state index is -0.706. The molecule has 0 aliphatic carbocycles. The predicted molar refractivity (Wildman–Crippen MR) is 139 cm³/mol. The van der Waals surface area contributed by atoms with Gasteiger partial charge in [0.15, 0.2) is 5.16 Å². The summed E-state index contributed by atoms with van der Waals surface area (Å²) in [5, 5.41) is 20.5. The van der Waals surface area contributed by atoms with Gasteiger partial charge in [0.05, 0.1) is 22.7 Å². The maximum absolute atomic E-state index is 13.4. The third-order valence-corrected chi connectivity index (χ3v) is 6.80. The highest BCUT2D eigenvalue weighted by Gasteiger charge is 2.19. The number of rotatable bonds is 7. The van der Waals surface area contributed by atoms with E-state index in [0.717, 1.165) is 33.6 Å². The van der Waals surface area contributed by atoms with Crippen molar-refractivity contribution in [1.29, 1.82) is 0 Å². The molecule has 0 bridgehead atoms. The topological polar surface area (TPSA) is 81.7 Å². The van der Waals surface area contributed by atoms with E-state index < -0.39 is 6.10 Å². The predicted octanol–water partition coefficient (Wildman–Crippen LogP) is 4.49. The number of para-hydroxylation sites is 1. The third kappa shape index (κ3) is 4.67. The number of nitrogens with zero attached hydrogens (tertiary/aromatic N) is 4. The molecule has 0 aliphatic heterocycles. The number of fused-ring (bicyclic) bond motifs is 3. The van der Waals surface area contributed by atoms with Crippen LogP contribution in [0, 0.1) is 20.8 Å². The van der Waals surface area contributed by atoms with E-state index in [1.54, 1.807) is 4.57 Å². The summed E-state index contributed by atoms with van der Waals surface area (Å²) >= 11 is 1.38. The molecule has 178 valence electrons. The Hall–Kier alpha value is -3.62. The molecule has 7 nitrogen and oxygen atoms in total. The molecule has 0 aliphatic rings. The zero-order valence-electron chi connectivity index (χ0n) is 19.8. The number of hydrogen-bond acceptors (Lipinski definition) is 6. The van der Waals surface area contributed by atoms with E-state index in [0.29, 0.717) is 22.1 Å². The molecule has 2 aromatic heterocycles. The maximum atomic E-state index is 13.4. The Balaban J connectivity index is 1.45. The summed E-state index contributed by atoms with van der Waals surface area (Å²) in [6.07, 6.45) is -0.706. The van der Waals surface area contributed by atoms with E-state index in [9.17, 15) is 9.90 Å². The number of aryl methyl sites for hydroxylation is 3. The van der Waals surface area contributed by atoms with Crippen molar-refractivity contribution in [2.24, 2.45) is 0 Å². The molecule has 5 rings (SSSR count). The number of hydrogen-bond donors (Lipinski definition) is 1. The number of aromatic nitrogens is 4. The maximum Gasteiger partial charge on any atom is 0.267 e. The van der Waals surface area contributed by atoms with E-state index in [-0.39, 0.29) is 12.2 Å². The van der Waals surface area contributed by atoms with Gasteiger partial charge in [0.25, 0.3) is 5.56 Å². The lowest BCUT2D eigenvalue weighted by atomic mass is 10.1. The number of aliphatic hydroxyl groups excluding tert-OH is 1. The minimum absolute atomic E-state index is 0.150. The van der Waals surface area contributed by atoms with Crippen molar-refractivity contribution in [2.75, 3.05) is 12.4 Å². The quantitative estimate of drug-likeness (QED) is 0.342. The fourth-order valence-corrected chi connectivity index (χ4v) is 4.97. The average Bonchev–Trinajstić information content (AvgIpc) is 3.26. The molecule has 3 aromatic carbocycles. The van der Waals surface area contributed by atoms with Crippen LogP contribution in [0.5, 0.6) is 5.75 Å². The van der Waals surface area contributed by atoms with Crippen LogP contribution in [0.2, 0.25) is 0 Å². The number of thioether (sulfide) groups is 1. The van der Waals surface area contributed by atoms with Gasteiger partial charge in [-0.1, -0.05) is 47.7 Å². The smallest absolute Gasteiger partial charge is 0.267 e. The summed E-state index contributed by atoms with van der Waals surface area (Å²) in [6.45, 7) is 6.21. The fourth-order valence-electron chi connectivity index (χ4n) is 4.13. The molecular formula is C27H26N4O3S. The van der Waals surface area contributed by atoms with E-state index in [1.165, 1.54) is 11.8 Å². The van der Waals surface area contributed by atoms with Gasteiger partial charge in [0.1, 0.15) is 12.4 Å². The van der Waals surface area contributed by atoms with Crippen molar-refractivity contribution < 1.29 is 9.84 Å². The molecule has 0 saturated heterocycles. The van der Waals surface area contributed by atoms with Gasteiger partial charge in [-0.3, -0.25) is 9.20 Å². The van der Waals surface area contributed by atoms with E-state index in [4.69, 9.17) is 4.74 Å². The van der Waals surface area contributed by atoms with E-state index >= 15 is 0 Å². The van der Waals surface area contributed by atoms with Crippen LogP contribution in [0.1, 0.15) is 16.7 Å². The summed E-state index contributed by atoms with van der Waals surface area (Å²) < 4.78 is 9.26. The Kier molecular flexibility index (Phi) is 6.32. The van der Waals surface area contributed by atoms with Crippen molar-refractivity contribution in [1.82, 2.24) is 19.2 Å². The van der Waals surface area contributed by atoms with Crippen LogP contribution in [0.15, 0.2) is 76.7 Å². The lowest BCUT2D eigenvalue weighted by Gasteiger charge is -2.14. The largest absolute Gasteiger partial charge is 0.491 e. The Morgan fingerprint density at radius 2 is 1.66 bits per heavy atom. The highest BCUT2D eigenvalue weighted by molar-refractivity contribution is 7.99. The summed E-state index contributed by atoms with van der Waals surface area (Å²) in [4.78, 5) is 13.4. The van der Waals surface area contributed by atoms with E-state index in [2.05, 4.69) is 16.3 Å². The molecule has 8 heteroatoms. The molecule has 1 unspecified atom stereocenters. The van der Waals surface area contributed by atoms with Gasteiger partial charge in [0, 0.05) is 5.75 Å². The lowest BCUT2D eigenvalue weighted by molar-refractivity contribution is 0.126.